The minimum absolute atomic E-state index is 0.0796. The van der Waals surface area contributed by atoms with E-state index in [1.807, 2.05) is 24.3 Å². The molecule has 2 N–H and O–H groups in total. The second kappa shape index (κ2) is 7.17. The van der Waals surface area contributed by atoms with Crippen LogP contribution < -0.4 is 5.32 Å². The van der Waals surface area contributed by atoms with E-state index in [-0.39, 0.29) is 22.2 Å². The van der Waals surface area contributed by atoms with Crippen molar-refractivity contribution in [3.8, 4) is 5.75 Å². The summed E-state index contributed by atoms with van der Waals surface area (Å²) in [6.45, 7) is 0.995. The van der Waals surface area contributed by atoms with Gasteiger partial charge in [-0.25, -0.2) is 8.42 Å². The molecule has 2 aromatic rings. The van der Waals surface area contributed by atoms with E-state index in [1.54, 1.807) is 0 Å². The van der Waals surface area contributed by atoms with Crippen LogP contribution in [0.5, 0.6) is 5.75 Å². The van der Waals surface area contributed by atoms with Gasteiger partial charge in [0.05, 0.1) is 16.0 Å². The Kier molecular flexibility index (Phi) is 4.97. The number of hydrogen-bond donors (Lipinski definition) is 2. The number of halogens is 1. The van der Waals surface area contributed by atoms with E-state index < -0.39 is 15.4 Å². The predicted molar refractivity (Wildman–Crippen MR) is 110 cm³/mol. The summed E-state index contributed by atoms with van der Waals surface area (Å²) in [5.41, 5.74) is 0.402. The largest absolute Gasteiger partial charge is 0.506 e. The van der Waals surface area contributed by atoms with Crippen LogP contribution in [-0.2, 0) is 20.2 Å². The van der Waals surface area contributed by atoms with Crippen LogP contribution in [0.15, 0.2) is 51.8 Å². The summed E-state index contributed by atoms with van der Waals surface area (Å²) in [4.78, 5) is 13.0. The number of rotatable bonds is 5. The zero-order chi connectivity index (χ0) is 19.9. The van der Waals surface area contributed by atoms with Crippen LogP contribution >= 0.6 is 15.9 Å². The van der Waals surface area contributed by atoms with E-state index in [1.165, 1.54) is 22.5 Å². The Bertz CT molecular complexity index is 1010. The Morgan fingerprint density at radius 2 is 1.71 bits per heavy atom. The third-order valence-electron chi connectivity index (χ3n) is 5.50. The lowest BCUT2D eigenvalue weighted by molar-refractivity contribution is -0.118. The molecule has 148 valence electrons. The van der Waals surface area contributed by atoms with Crippen LogP contribution in [-0.4, -0.2) is 36.8 Å². The quantitative estimate of drug-likeness (QED) is 0.661. The minimum atomic E-state index is -3.62. The molecule has 0 unspecified atom stereocenters. The molecule has 1 aliphatic carbocycles. The van der Waals surface area contributed by atoms with Crippen molar-refractivity contribution in [2.75, 3.05) is 18.4 Å². The number of phenols is 1. The highest BCUT2D eigenvalue weighted by Crippen LogP contribution is 2.49. The normalized spacial score (nSPS) is 18.8. The second-order valence-electron chi connectivity index (χ2n) is 7.33. The van der Waals surface area contributed by atoms with E-state index in [9.17, 15) is 18.3 Å². The molecule has 0 radical (unpaired) electrons. The number of nitrogens with zero attached hydrogens (tertiary/aromatic N) is 1. The van der Waals surface area contributed by atoms with Gasteiger partial charge < -0.3 is 10.4 Å². The minimum Gasteiger partial charge on any atom is -0.506 e. The molecule has 4 rings (SSSR count). The first kappa shape index (κ1) is 19.4. The number of amides is 1. The number of hydrogen-bond acceptors (Lipinski definition) is 4. The number of nitrogens with one attached hydrogen (secondary N) is 1. The van der Waals surface area contributed by atoms with Crippen LogP contribution in [0.4, 0.5) is 5.69 Å². The SMILES string of the molecule is O=C(Nc1cc(S(=O)(=O)N2CCCC2)ccc1O)C1(c2ccc(Br)cc2)CC1. The van der Waals surface area contributed by atoms with Gasteiger partial charge in [-0.2, -0.15) is 4.31 Å². The van der Waals surface area contributed by atoms with Crippen molar-refractivity contribution < 1.29 is 18.3 Å². The van der Waals surface area contributed by atoms with Gasteiger partial charge in [0.1, 0.15) is 5.75 Å². The first-order valence-electron chi connectivity index (χ1n) is 9.24. The molecule has 6 nitrogen and oxygen atoms in total. The number of anilines is 1. The van der Waals surface area contributed by atoms with Crippen LogP contribution in [0, 0.1) is 0 Å². The summed E-state index contributed by atoms with van der Waals surface area (Å²) in [7, 11) is -3.62. The number of benzene rings is 2. The molecule has 2 fully saturated rings. The summed E-state index contributed by atoms with van der Waals surface area (Å²) in [5.74, 6) is -0.388. The third kappa shape index (κ3) is 3.44. The monoisotopic (exact) mass is 464 g/mol. The molecule has 8 heteroatoms. The average molecular weight is 465 g/mol. The van der Waals surface area contributed by atoms with E-state index in [4.69, 9.17) is 0 Å². The van der Waals surface area contributed by atoms with Crippen molar-refractivity contribution in [1.29, 1.82) is 0 Å². The summed E-state index contributed by atoms with van der Waals surface area (Å²) in [5, 5.41) is 12.9. The van der Waals surface area contributed by atoms with Gasteiger partial charge in [0.15, 0.2) is 0 Å². The van der Waals surface area contributed by atoms with Gasteiger partial charge in [0.25, 0.3) is 0 Å². The van der Waals surface area contributed by atoms with E-state index in [0.29, 0.717) is 25.9 Å². The van der Waals surface area contributed by atoms with Crippen molar-refractivity contribution in [3.63, 3.8) is 0 Å². The fourth-order valence-corrected chi connectivity index (χ4v) is 5.44. The standard InChI is InChI=1S/C20H21BrN2O4S/c21-15-5-3-14(4-6-15)20(9-10-20)19(25)22-17-13-16(7-8-18(17)24)28(26,27)23-11-1-2-12-23/h3-8,13,24H,1-2,9-12H2,(H,22,25). The molecule has 28 heavy (non-hydrogen) atoms. The van der Waals surface area contributed by atoms with Crippen molar-refractivity contribution in [3.05, 3.63) is 52.5 Å². The van der Waals surface area contributed by atoms with Gasteiger partial charge in [-0.3, -0.25) is 4.79 Å². The number of carbonyl (C=O) groups is 1. The lowest BCUT2D eigenvalue weighted by Gasteiger charge is -2.19. The lowest BCUT2D eigenvalue weighted by atomic mass is 9.95. The Morgan fingerprint density at radius 1 is 1.07 bits per heavy atom. The van der Waals surface area contributed by atoms with Crippen LogP contribution in [0.2, 0.25) is 0 Å². The van der Waals surface area contributed by atoms with Gasteiger partial charge in [0, 0.05) is 17.6 Å². The van der Waals surface area contributed by atoms with Gasteiger partial charge in [-0.1, -0.05) is 28.1 Å². The molecule has 2 aliphatic rings. The molecule has 2 aromatic carbocycles. The molecule has 1 aliphatic heterocycles. The summed E-state index contributed by atoms with van der Waals surface area (Å²) >= 11 is 3.39. The summed E-state index contributed by atoms with van der Waals surface area (Å²) < 4.78 is 27.9. The molecular formula is C20H21BrN2O4S. The molecule has 1 saturated heterocycles. The lowest BCUT2D eigenvalue weighted by Crippen LogP contribution is -2.29. The van der Waals surface area contributed by atoms with Gasteiger partial charge in [-0.05, 0) is 61.6 Å². The highest BCUT2D eigenvalue weighted by Gasteiger charge is 2.51. The fraction of sp³-hybridized carbons (Fsp3) is 0.350. The van der Waals surface area contributed by atoms with E-state index in [2.05, 4.69) is 21.2 Å². The zero-order valence-electron chi connectivity index (χ0n) is 15.2. The number of aromatic hydroxyl groups is 1. The zero-order valence-corrected chi connectivity index (χ0v) is 17.6. The molecule has 0 aromatic heterocycles. The van der Waals surface area contributed by atoms with Crippen molar-refractivity contribution >= 4 is 37.5 Å². The number of phenolic OH excluding ortho intramolecular Hbond substituents is 1. The van der Waals surface area contributed by atoms with Crippen LogP contribution in [0.3, 0.4) is 0 Å². The van der Waals surface area contributed by atoms with Crippen LogP contribution in [0.1, 0.15) is 31.2 Å². The number of sulfonamides is 1. The molecule has 0 spiro atoms. The Labute approximate surface area is 172 Å². The first-order valence-corrected chi connectivity index (χ1v) is 11.5. The maximum Gasteiger partial charge on any atom is 0.243 e. The van der Waals surface area contributed by atoms with E-state index in [0.717, 1.165) is 22.9 Å². The van der Waals surface area contributed by atoms with Crippen molar-refractivity contribution in [1.82, 2.24) is 4.31 Å². The second-order valence-corrected chi connectivity index (χ2v) is 10.2. The van der Waals surface area contributed by atoms with E-state index >= 15 is 0 Å². The molecular weight excluding hydrogens is 444 g/mol. The molecule has 1 heterocycles. The number of carbonyl (C=O) groups excluding carboxylic acids is 1. The average Bonchev–Trinajstić information content (AvgIpc) is 3.29. The van der Waals surface area contributed by atoms with Crippen LogP contribution in [0.25, 0.3) is 0 Å². The predicted octanol–water partition coefficient (Wildman–Crippen LogP) is 3.61. The highest BCUT2D eigenvalue weighted by molar-refractivity contribution is 9.10. The Hall–Kier alpha value is -1.90. The molecule has 0 bridgehead atoms. The van der Waals surface area contributed by atoms with Gasteiger partial charge >= 0.3 is 0 Å². The highest BCUT2D eigenvalue weighted by atomic mass is 79.9. The fourth-order valence-electron chi connectivity index (χ4n) is 3.64. The maximum atomic E-state index is 13.0. The topological polar surface area (TPSA) is 86.7 Å². The van der Waals surface area contributed by atoms with Crippen molar-refractivity contribution in [2.45, 2.75) is 36.0 Å². The first-order chi connectivity index (χ1) is 13.3. The van der Waals surface area contributed by atoms with Gasteiger partial charge in [-0.15, -0.1) is 0 Å². The molecule has 0 atom stereocenters. The maximum absolute atomic E-state index is 13.0. The Morgan fingerprint density at radius 3 is 2.32 bits per heavy atom. The summed E-state index contributed by atoms with van der Waals surface area (Å²) in [6, 6.07) is 11.6. The third-order valence-corrected chi connectivity index (χ3v) is 7.92. The molecule has 1 saturated carbocycles. The smallest absolute Gasteiger partial charge is 0.243 e. The van der Waals surface area contributed by atoms with Gasteiger partial charge in [0.2, 0.25) is 15.9 Å². The van der Waals surface area contributed by atoms with Crippen molar-refractivity contribution in [2.24, 2.45) is 0 Å². The Balaban J connectivity index is 1.60. The summed E-state index contributed by atoms with van der Waals surface area (Å²) in [6.07, 6.45) is 3.12. The molecule has 1 amide bonds.